The normalized spacial score (nSPS) is 11.9. The molecule has 0 aliphatic rings. The molecule has 1 unspecified atom stereocenters. The maximum absolute atomic E-state index is 12.6. The molecule has 0 saturated carbocycles. The second-order valence-electron chi connectivity index (χ2n) is 6.13. The van der Waals surface area contributed by atoms with E-state index in [0.717, 1.165) is 11.4 Å². The summed E-state index contributed by atoms with van der Waals surface area (Å²) in [4.78, 5) is 12.6. The van der Waals surface area contributed by atoms with Crippen molar-refractivity contribution >= 4 is 17.4 Å². The molecule has 0 spiro atoms. The number of benzene rings is 1. The molecule has 2 rings (SSSR count). The van der Waals surface area contributed by atoms with Crippen LogP contribution in [0.4, 0.5) is 11.5 Å². The summed E-state index contributed by atoms with van der Waals surface area (Å²) in [6, 6.07) is 7.02. The van der Waals surface area contributed by atoms with E-state index in [2.05, 4.69) is 15.7 Å². The van der Waals surface area contributed by atoms with Gasteiger partial charge in [-0.05, 0) is 46.8 Å². The summed E-state index contributed by atoms with van der Waals surface area (Å²) in [5.74, 6) is 1.93. The van der Waals surface area contributed by atoms with Crippen LogP contribution in [0.2, 0.25) is 0 Å². The molecule has 0 bridgehead atoms. The van der Waals surface area contributed by atoms with Crippen LogP contribution in [0, 0.1) is 0 Å². The molecule has 26 heavy (non-hydrogen) atoms. The van der Waals surface area contributed by atoms with Gasteiger partial charge in [0.1, 0.15) is 23.4 Å². The van der Waals surface area contributed by atoms with Crippen molar-refractivity contribution in [2.24, 2.45) is 0 Å². The molecule has 2 aromatic rings. The summed E-state index contributed by atoms with van der Waals surface area (Å²) in [5.41, 5.74) is 0.720. The Morgan fingerprint density at radius 2 is 1.88 bits per heavy atom. The molecule has 0 saturated heterocycles. The van der Waals surface area contributed by atoms with Crippen LogP contribution in [0.5, 0.6) is 11.5 Å². The molecule has 142 valence electrons. The SMILES string of the molecule is CCOc1ccc(OCC)c(NC(C)C(=O)Nc2ccnn2C(C)C)c1. The van der Waals surface area contributed by atoms with Gasteiger partial charge in [-0.15, -0.1) is 0 Å². The Morgan fingerprint density at radius 1 is 1.15 bits per heavy atom. The third-order valence-electron chi connectivity index (χ3n) is 3.74. The van der Waals surface area contributed by atoms with E-state index in [1.807, 2.05) is 45.9 Å². The lowest BCUT2D eigenvalue weighted by molar-refractivity contribution is -0.116. The topological polar surface area (TPSA) is 77.4 Å². The van der Waals surface area contributed by atoms with Crippen molar-refractivity contribution in [3.8, 4) is 11.5 Å². The summed E-state index contributed by atoms with van der Waals surface area (Å²) < 4.78 is 13.0. The fourth-order valence-corrected chi connectivity index (χ4v) is 2.52. The first-order chi connectivity index (χ1) is 12.5. The maximum atomic E-state index is 12.6. The van der Waals surface area contributed by atoms with E-state index in [1.54, 1.807) is 23.9 Å². The first kappa shape index (κ1) is 19.6. The Balaban J connectivity index is 2.12. The lowest BCUT2D eigenvalue weighted by atomic mass is 10.2. The number of anilines is 2. The van der Waals surface area contributed by atoms with Crippen LogP contribution < -0.4 is 20.1 Å². The summed E-state index contributed by atoms with van der Waals surface area (Å²) in [5, 5.41) is 10.3. The molecule has 0 fully saturated rings. The quantitative estimate of drug-likeness (QED) is 0.713. The van der Waals surface area contributed by atoms with Crippen molar-refractivity contribution in [2.75, 3.05) is 23.8 Å². The monoisotopic (exact) mass is 360 g/mol. The molecular formula is C19H28N4O3. The lowest BCUT2D eigenvalue weighted by Crippen LogP contribution is -2.33. The molecule has 1 atom stereocenters. The van der Waals surface area contributed by atoms with Crippen molar-refractivity contribution in [3.63, 3.8) is 0 Å². The summed E-state index contributed by atoms with van der Waals surface area (Å²) >= 11 is 0. The van der Waals surface area contributed by atoms with E-state index >= 15 is 0 Å². The van der Waals surface area contributed by atoms with Gasteiger partial charge in [0.05, 0.1) is 25.1 Å². The highest BCUT2D eigenvalue weighted by Gasteiger charge is 2.18. The zero-order chi connectivity index (χ0) is 19.1. The van der Waals surface area contributed by atoms with E-state index in [4.69, 9.17) is 9.47 Å². The largest absolute Gasteiger partial charge is 0.494 e. The fourth-order valence-electron chi connectivity index (χ4n) is 2.52. The number of nitrogens with zero attached hydrogens (tertiary/aromatic N) is 2. The number of aromatic nitrogens is 2. The van der Waals surface area contributed by atoms with Crippen LogP contribution >= 0.6 is 0 Å². The summed E-state index contributed by atoms with van der Waals surface area (Å²) in [6.07, 6.45) is 1.67. The number of carbonyl (C=O) groups is 1. The third-order valence-corrected chi connectivity index (χ3v) is 3.74. The van der Waals surface area contributed by atoms with Crippen molar-refractivity contribution in [3.05, 3.63) is 30.5 Å². The molecule has 1 aromatic carbocycles. The van der Waals surface area contributed by atoms with E-state index in [9.17, 15) is 4.79 Å². The smallest absolute Gasteiger partial charge is 0.247 e. The molecule has 2 N–H and O–H groups in total. The third kappa shape index (κ3) is 4.91. The van der Waals surface area contributed by atoms with Crippen LogP contribution in [-0.2, 0) is 4.79 Å². The van der Waals surface area contributed by atoms with Gasteiger partial charge in [-0.3, -0.25) is 4.79 Å². The van der Waals surface area contributed by atoms with Crippen LogP contribution in [0.15, 0.2) is 30.5 Å². The second kappa shape index (κ2) is 9.12. The molecular weight excluding hydrogens is 332 g/mol. The zero-order valence-electron chi connectivity index (χ0n) is 16.1. The number of hydrogen-bond donors (Lipinski definition) is 2. The van der Waals surface area contributed by atoms with Gasteiger partial charge >= 0.3 is 0 Å². The zero-order valence-corrected chi connectivity index (χ0v) is 16.1. The highest BCUT2D eigenvalue weighted by molar-refractivity contribution is 5.95. The first-order valence-electron chi connectivity index (χ1n) is 8.96. The molecule has 1 aromatic heterocycles. The van der Waals surface area contributed by atoms with Crippen LogP contribution in [0.3, 0.4) is 0 Å². The minimum absolute atomic E-state index is 0.156. The molecule has 0 radical (unpaired) electrons. The highest BCUT2D eigenvalue weighted by atomic mass is 16.5. The number of nitrogens with one attached hydrogen (secondary N) is 2. The fraction of sp³-hybridized carbons (Fsp3) is 0.474. The maximum Gasteiger partial charge on any atom is 0.247 e. The second-order valence-corrected chi connectivity index (χ2v) is 6.13. The Morgan fingerprint density at radius 3 is 2.54 bits per heavy atom. The van der Waals surface area contributed by atoms with Gasteiger partial charge in [0.25, 0.3) is 0 Å². The van der Waals surface area contributed by atoms with Gasteiger partial charge in [-0.25, -0.2) is 4.68 Å². The average Bonchev–Trinajstić information content (AvgIpc) is 3.06. The van der Waals surface area contributed by atoms with Crippen molar-refractivity contribution in [2.45, 2.75) is 46.7 Å². The molecule has 1 heterocycles. The molecule has 0 aliphatic carbocycles. The van der Waals surface area contributed by atoms with Crippen molar-refractivity contribution in [1.82, 2.24) is 9.78 Å². The molecule has 0 aliphatic heterocycles. The van der Waals surface area contributed by atoms with Crippen molar-refractivity contribution < 1.29 is 14.3 Å². The Labute approximate surface area is 154 Å². The van der Waals surface area contributed by atoms with Gasteiger partial charge < -0.3 is 20.1 Å². The van der Waals surface area contributed by atoms with E-state index in [1.165, 1.54) is 0 Å². The number of ether oxygens (including phenoxy) is 2. The summed E-state index contributed by atoms with van der Waals surface area (Å²) in [6.45, 7) is 10.8. The van der Waals surface area contributed by atoms with E-state index in [0.29, 0.717) is 24.8 Å². The minimum atomic E-state index is -0.471. The minimum Gasteiger partial charge on any atom is -0.494 e. The number of carbonyl (C=O) groups excluding carboxylic acids is 1. The van der Waals surface area contributed by atoms with Gasteiger partial charge in [0.15, 0.2) is 0 Å². The summed E-state index contributed by atoms with van der Waals surface area (Å²) in [7, 11) is 0. The Kier molecular flexibility index (Phi) is 6.89. The number of amides is 1. The standard InChI is InChI=1S/C19H28N4O3/c1-6-25-15-8-9-17(26-7-2)16(12-15)21-14(5)19(24)22-18-10-11-20-23(18)13(3)4/h8-14,21H,6-7H2,1-5H3,(H,22,24). The van der Waals surface area contributed by atoms with Gasteiger partial charge in [-0.1, -0.05) is 0 Å². The molecule has 7 nitrogen and oxygen atoms in total. The predicted molar refractivity (Wildman–Crippen MR) is 103 cm³/mol. The molecule has 1 amide bonds. The highest BCUT2D eigenvalue weighted by Crippen LogP contribution is 2.30. The number of hydrogen-bond acceptors (Lipinski definition) is 5. The Bertz CT molecular complexity index is 727. The van der Waals surface area contributed by atoms with Crippen LogP contribution in [0.25, 0.3) is 0 Å². The van der Waals surface area contributed by atoms with Gasteiger partial charge in [0, 0.05) is 18.2 Å². The van der Waals surface area contributed by atoms with Gasteiger partial charge in [0.2, 0.25) is 5.91 Å². The van der Waals surface area contributed by atoms with Crippen LogP contribution in [0.1, 0.15) is 40.7 Å². The van der Waals surface area contributed by atoms with E-state index < -0.39 is 6.04 Å². The Hall–Kier alpha value is -2.70. The number of rotatable bonds is 9. The van der Waals surface area contributed by atoms with Crippen molar-refractivity contribution in [1.29, 1.82) is 0 Å². The lowest BCUT2D eigenvalue weighted by Gasteiger charge is -2.19. The predicted octanol–water partition coefficient (Wildman–Crippen LogP) is 3.70. The molecule has 7 heteroatoms. The van der Waals surface area contributed by atoms with Gasteiger partial charge in [-0.2, -0.15) is 5.10 Å². The first-order valence-corrected chi connectivity index (χ1v) is 8.96. The average molecular weight is 360 g/mol. The van der Waals surface area contributed by atoms with Crippen LogP contribution in [-0.4, -0.2) is 34.9 Å². The van der Waals surface area contributed by atoms with E-state index in [-0.39, 0.29) is 11.9 Å².